The Morgan fingerprint density at radius 3 is 2.45 bits per heavy atom. The number of nitrogens with zero attached hydrogens (tertiary/aromatic N) is 2. The molecule has 0 saturated carbocycles. The average Bonchev–Trinajstić information content (AvgIpc) is 2.48. The molecule has 20 heavy (non-hydrogen) atoms. The van der Waals surface area contributed by atoms with E-state index in [1.807, 2.05) is 24.3 Å². The lowest BCUT2D eigenvalue weighted by atomic mass is 10.1. The number of rotatable bonds is 7. The Morgan fingerprint density at radius 1 is 1.05 bits per heavy atom. The Balaban J connectivity index is 1.86. The molecule has 1 heterocycles. The second kappa shape index (κ2) is 7.81. The molecule has 0 spiro atoms. The number of anilines is 2. The molecule has 1 aromatic heterocycles. The lowest BCUT2D eigenvalue weighted by Gasteiger charge is -2.08. The van der Waals surface area contributed by atoms with Gasteiger partial charge in [-0.2, -0.15) is 0 Å². The van der Waals surface area contributed by atoms with Crippen molar-refractivity contribution >= 4 is 27.6 Å². The molecule has 2 rings (SSSR count). The molecular formula is C14H17BrN4O. The highest BCUT2D eigenvalue weighted by molar-refractivity contribution is 9.10. The van der Waals surface area contributed by atoms with Crippen molar-refractivity contribution in [2.24, 2.45) is 0 Å². The number of hydrogen-bond acceptors (Lipinski definition) is 5. The van der Waals surface area contributed by atoms with E-state index in [0.29, 0.717) is 12.4 Å². The number of halogens is 1. The van der Waals surface area contributed by atoms with Gasteiger partial charge in [0.1, 0.15) is 18.0 Å². The van der Waals surface area contributed by atoms with Crippen LogP contribution in [0.3, 0.4) is 0 Å². The summed E-state index contributed by atoms with van der Waals surface area (Å²) >= 11 is 3.54. The maximum atomic E-state index is 8.76. The highest BCUT2D eigenvalue weighted by Gasteiger charge is 2.00. The van der Waals surface area contributed by atoms with E-state index in [0.717, 1.165) is 23.3 Å². The van der Waals surface area contributed by atoms with Gasteiger partial charge in [0, 0.05) is 23.6 Å². The van der Waals surface area contributed by atoms with Crippen molar-refractivity contribution in [3.8, 4) is 0 Å². The van der Waals surface area contributed by atoms with Gasteiger partial charge in [-0.15, -0.1) is 0 Å². The van der Waals surface area contributed by atoms with Crippen molar-refractivity contribution < 1.29 is 5.11 Å². The molecule has 0 bridgehead atoms. The van der Waals surface area contributed by atoms with Crippen molar-refractivity contribution in [1.29, 1.82) is 0 Å². The van der Waals surface area contributed by atoms with E-state index in [1.54, 1.807) is 0 Å². The molecule has 0 radical (unpaired) electrons. The van der Waals surface area contributed by atoms with Gasteiger partial charge in [0.25, 0.3) is 0 Å². The molecule has 0 aliphatic carbocycles. The minimum absolute atomic E-state index is 0.0782. The number of benzene rings is 1. The second-order valence-corrected chi connectivity index (χ2v) is 5.06. The first kappa shape index (κ1) is 14.7. The van der Waals surface area contributed by atoms with Crippen molar-refractivity contribution in [1.82, 2.24) is 9.97 Å². The Hall–Kier alpha value is -1.66. The van der Waals surface area contributed by atoms with Gasteiger partial charge in [-0.3, -0.25) is 0 Å². The summed E-state index contributed by atoms with van der Waals surface area (Å²) in [6.45, 7) is 1.35. The highest BCUT2D eigenvalue weighted by atomic mass is 79.9. The molecule has 0 aliphatic heterocycles. The van der Waals surface area contributed by atoms with Crippen LogP contribution in [0, 0.1) is 0 Å². The van der Waals surface area contributed by atoms with Crippen LogP contribution in [0.4, 0.5) is 11.6 Å². The van der Waals surface area contributed by atoms with E-state index < -0.39 is 0 Å². The van der Waals surface area contributed by atoms with Crippen LogP contribution in [0.25, 0.3) is 0 Å². The number of aromatic nitrogens is 2. The largest absolute Gasteiger partial charge is 0.395 e. The number of nitrogens with one attached hydrogen (secondary N) is 2. The normalized spacial score (nSPS) is 10.3. The molecule has 0 saturated heterocycles. The van der Waals surface area contributed by atoms with Crippen LogP contribution in [0.2, 0.25) is 0 Å². The van der Waals surface area contributed by atoms with Gasteiger partial charge < -0.3 is 15.7 Å². The van der Waals surface area contributed by atoms with Gasteiger partial charge in [-0.1, -0.05) is 34.1 Å². The fourth-order valence-electron chi connectivity index (χ4n) is 1.76. The van der Waals surface area contributed by atoms with Gasteiger partial charge in [0.15, 0.2) is 0 Å². The van der Waals surface area contributed by atoms with Crippen molar-refractivity contribution in [3.63, 3.8) is 0 Å². The number of hydrogen-bond donors (Lipinski definition) is 3. The van der Waals surface area contributed by atoms with Crippen LogP contribution in [0.1, 0.15) is 5.56 Å². The Labute approximate surface area is 126 Å². The third-order valence-electron chi connectivity index (χ3n) is 2.74. The fraction of sp³-hybridized carbons (Fsp3) is 0.286. The molecular weight excluding hydrogens is 320 g/mol. The summed E-state index contributed by atoms with van der Waals surface area (Å²) in [7, 11) is 0. The zero-order valence-electron chi connectivity index (χ0n) is 11.0. The minimum atomic E-state index is 0.0782. The first-order chi connectivity index (χ1) is 9.79. The van der Waals surface area contributed by atoms with Crippen LogP contribution in [0.15, 0.2) is 41.1 Å². The predicted octanol–water partition coefficient (Wildman–Crippen LogP) is 2.30. The molecule has 3 N–H and O–H groups in total. The van der Waals surface area contributed by atoms with Gasteiger partial charge in [-0.05, 0) is 18.1 Å². The molecule has 1 aromatic carbocycles. The van der Waals surface area contributed by atoms with Gasteiger partial charge in [0.05, 0.1) is 6.61 Å². The van der Waals surface area contributed by atoms with E-state index in [-0.39, 0.29) is 6.61 Å². The van der Waals surface area contributed by atoms with Gasteiger partial charge >= 0.3 is 0 Å². The van der Waals surface area contributed by atoms with Crippen LogP contribution < -0.4 is 10.6 Å². The molecule has 0 unspecified atom stereocenters. The maximum Gasteiger partial charge on any atom is 0.131 e. The fourth-order valence-corrected chi connectivity index (χ4v) is 2.24. The Bertz CT molecular complexity index is 550. The Kier molecular flexibility index (Phi) is 5.76. The standard InChI is InChI=1S/C14H17BrN4O/c15-12-4-2-1-3-11(12)5-6-16-13-9-14(17-7-8-20)19-10-18-13/h1-4,9-10,20H,5-8H2,(H2,16,17,18,19). The van der Waals surface area contributed by atoms with Crippen LogP contribution in [-0.4, -0.2) is 34.8 Å². The van der Waals surface area contributed by atoms with E-state index in [4.69, 9.17) is 5.11 Å². The van der Waals surface area contributed by atoms with Crippen LogP contribution in [-0.2, 0) is 6.42 Å². The predicted molar refractivity (Wildman–Crippen MR) is 83.9 cm³/mol. The second-order valence-electron chi connectivity index (χ2n) is 4.21. The van der Waals surface area contributed by atoms with E-state index in [2.05, 4.69) is 42.6 Å². The minimum Gasteiger partial charge on any atom is -0.395 e. The molecule has 0 amide bonds. The summed E-state index contributed by atoms with van der Waals surface area (Å²) in [4.78, 5) is 8.24. The molecule has 0 fully saturated rings. The van der Waals surface area contributed by atoms with E-state index >= 15 is 0 Å². The van der Waals surface area contributed by atoms with Crippen molar-refractivity contribution in [2.45, 2.75) is 6.42 Å². The summed E-state index contributed by atoms with van der Waals surface area (Å²) in [5.74, 6) is 1.48. The van der Waals surface area contributed by atoms with Gasteiger partial charge in [0.2, 0.25) is 0 Å². The van der Waals surface area contributed by atoms with Crippen molar-refractivity contribution in [3.05, 3.63) is 46.7 Å². The number of aliphatic hydroxyl groups is 1. The van der Waals surface area contributed by atoms with E-state index in [9.17, 15) is 0 Å². The molecule has 6 heteroatoms. The first-order valence-electron chi connectivity index (χ1n) is 6.43. The topological polar surface area (TPSA) is 70.1 Å². The molecule has 0 atom stereocenters. The van der Waals surface area contributed by atoms with E-state index in [1.165, 1.54) is 11.9 Å². The molecule has 5 nitrogen and oxygen atoms in total. The lowest BCUT2D eigenvalue weighted by Crippen LogP contribution is -2.10. The maximum absolute atomic E-state index is 8.76. The average molecular weight is 337 g/mol. The zero-order chi connectivity index (χ0) is 14.2. The summed E-state index contributed by atoms with van der Waals surface area (Å²) in [6.07, 6.45) is 2.41. The molecule has 0 aliphatic rings. The third kappa shape index (κ3) is 4.47. The van der Waals surface area contributed by atoms with Crippen LogP contribution >= 0.6 is 15.9 Å². The van der Waals surface area contributed by atoms with Crippen molar-refractivity contribution in [2.75, 3.05) is 30.3 Å². The number of aliphatic hydroxyl groups excluding tert-OH is 1. The summed E-state index contributed by atoms with van der Waals surface area (Å²) in [6, 6.07) is 10.00. The SMILES string of the molecule is OCCNc1cc(NCCc2ccccc2Br)ncn1. The highest BCUT2D eigenvalue weighted by Crippen LogP contribution is 2.16. The molecule has 106 valence electrons. The summed E-state index contributed by atoms with van der Waals surface area (Å²) in [5, 5.41) is 15.0. The Morgan fingerprint density at radius 2 is 1.75 bits per heavy atom. The smallest absolute Gasteiger partial charge is 0.131 e. The van der Waals surface area contributed by atoms with Crippen LogP contribution in [0.5, 0.6) is 0 Å². The lowest BCUT2D eigenvalue weighted by molar-refractivity contribution is 0.311. The quantitative estimate of drug-likeness (QED) is 0.723. The summed E-state index contributed by atoms with van der Waals surface area (Å²) in [5.41, 5.74) is 1.26. The summed E-state index contributed by atoms with van der Waals surface area (Å²) < 4.78 is 1.12. The molecule has 2 aromatic rings. The zero-order valence-corrected chi connectivity index (χ0v) is 12.6. The first-order valence-corrected chi connectivity index (χ1v) is 7.23. The van der Waals surface area contributed by atoms with Gasteiger partial charge in [-0.25, -0.2) is 9.97 Å². The third-order valence-corrected chi connectivity index (χ3v) is 3.52. The monoisotopic (exact) mass is 336 g/mol.